The molecule has 7 heteroatoms. The minimum Gasteiger partial charge on any atom is -0.394 e. The lowest BCUT2D eigenvalue weighted by atomic mass is 10.4. The monoisotopic (exact) mass is 190 g/mol. The smallest absolute Gasteiger partial charge is 0.0622 e. The highest BCUT2D eigenvalue weighted by atomic mass is 16.3. The van der Waals surface area contributed by atoms with Gasteiger partial charge in [0.15, 0.2) is 0 Å². The molecular formula is C6H14N4O3. The van der Waals surface area contributed by atoms with Gasteiger partial charge in [0.05, 0.1) is 18.4 Å². The highest BCUT2D eigenvalue weighted by molar-refractivity contribution is 4.59. The van der Waals surface area contributed by atoms with Gasteiger partial charge in [0.2, 0.25) is 0 Å². The second kappa shape index (κ2) is 8.85. The number of nitroso groups, excluding NO2 is 2. The largest absolute Gasteiger partial charge is 0.394 e. The molecule has 13 heavy (non-hydrogen) atoms. The lowest BCUT2D eigenvalue weighted by molar-refractivity contribution is 0.293. The van der Waals surface area contributed by atoms with Crippen molar-refractivity contribution in [3.8, 4) is 0 Å². The topological polar surface area (TPSA) is 94.4 Å². The van der Waals surface area contributed by atoms with Crippen LogP contribution in [0.4, 0.5) is 0 Å². The van der Waals surface area contributed by atoms with Gasteiger partial charge in [-0.05, 0) is 12.8 Å². The van der Waals surface area contributed by atoms with Crippen molar-refractivity contribution in [1.82, 2.24) is 10.4 Å². The number of aliphatic hydroxyl groups excluding tert-OH is 1. The quantitative estimate of drug-likeness (QED) is 0.370. The average Bonchev–Trinajstić information content (AvgIpc) is 2.68. The molecule has 0 amide bonds. The molecule has 0 aliphatic carbocycles. The summed E-state index contributed by atoms with van der Waals surface area (Å²) in [6.07, 6.45) is 2.26. The minimum absolute atomic E-state index is 0.0499. The third-order valence-corrected chi connectivity index (χ3v) is 1.49. The van der Waals surface area contributed by atoms with E-state index >= 15 is 0 Å². The van der Waals surface area contributed by atoms with Gasteiger partial charge >= 0.3 is 0 Å². The van der Waals surface area contributed by atoms with Crippen molar-refractivity contribution < 1.29 is 5.11 Å². The fraction of sp³-hybridized carbons (Fsp3) is 1.00. The van der Waals surface area contributed by atoms with Crippen LogP contribution in [0, 0.1) is 9.81 Å². The van der Waals surface area contributed by atoms with Gasteiger partial charge in [-0.3, -0.25) is 10.4 Å². The summed E-state index contributed by atoms with van der Waals surface area (Å²) in [5.74, 6) is 0. The molecule has 0 aromatic rings. The molecule has 0 spiro atoms. The third kappa shape index (κ3) is 7.13. The zero-order chi connectivity index (χ0) is 9.94. The number of nitrogens with zero attached hydrogens (tertiary/aromatic N) is 3. The van der Waals surface area contributed by atoms with Crippen LogP contribution in [0.1, 0.15) is 12.8 Å². The van der Waals surface area contributed by atoms with Gasteiger partial charge in [-0.1, -0.05) is 0 Å². The molecule has 1 heterocycles. The molecule has 0 saturated carbocycles. The maximum absolute atomic E-state index is 9.68. The Hall–Kier alpha value is -1.24. The van der Waals surface area contributed by atoms with E-state index in [0.29, 0.717) is 0 Å². The van der Waals surface area contributed by atoms with E-state index in [1.807, 2.05) is 5.43 Å². The van der Waals surface area contributed by atoms with Crippen LogP contribution in [0.5, 0.6) is 0 Å². The van der Waals surface area contributed by atoms with E-state index in [2.05, 4.69) is 10.6 Å². The predicted molar refractivity (Wildman–Crippen MR) is 47.5 cm³/mol. The van der Waals surface area contributed by atoms with Crippen molar-refractivity contribution in [1.29, 1.82) is 0 Å². The summed E-state index contributed by atoms with van der Waals surface area (Å²) in [5.41, 5.74) is 2.02. The van der Waals surface area contributed by atoms with Crippen LogP contribution in [0.25, 0.3) is 0 Å². The Bertz CT molecular complexity index is 138. The molecule has 1 rings (SSSR count). The number of aliphatic hydroxyl groups is 1. The van der Waals surface area contributed by atoms with Crippen molar-refractivity contribution in [3.63, 3.8) is 0 Å². The summed E-state index contributed by atoms with van der Waals surface area (Å²) in [4.78, 5) is 18.8. The second-order valence-corrected chi connectivity index (χ2v) is 2.47. The summed E-state index contributed by atoms with van der Waals surface area (Å²) < 4.78 is 0. The first-order chi connectivity index (χ1) is 6.35. The van der Waals surface area contributed by atoms with Crippen molar-refractivity contribution in [2.45, 2.75) is 12.8 Å². The van der Waals surface area contributed by atoms with Gasteiger partial charge in [-0.2, -0.15) is 0 Å². The number of rotatable bonds is 4. The van der Waals surface area contributed by atoms with E-state index < -0.39 is 0 Å². The molecular weight excluding hydrogens is 176 g/mol. The van der Waals surface area contributed by atoms with Crippen LogP contribution >= 0.6 is 0 Å². The first-order valence-corrected chi connectivity index (χ1v) is 4.09. The summed E-state index contributed by atoms with van der Waals surface area (Å²) in [7, 11) is 0. The second-order valence-electron chi connectivity index (χ2n) is 2.47. The van der Waals surface area contributed by atoms with E-state index in [-0.39, 0.29) is 13.2 Å². The number of nitrogens with one attached hydrogen (secondary N) is 1. The van der Waals surface area contributed by atoms with E-state index in [0.717, 1.165) is 25.9 Å². The van der Waals surface area contributed by atoms with Crippen molar-refractivity contribution >= 4 is 0 Å². The molecule has 0 radical (unpaired) electrons. The third-order valence-electron chi connectivity index (χ3n) is 1.49. The molecule has 0 atom stereocenters. The number of hydrogen-bond acceptors (Lipinski definition) is 5. The average molecular weight is 190 g/mol. The van der Waals surface area contributed by atoms with Crippen LogP contribution < -0.4 is 5.43 Å². The molecule has 1 aliphatic rings. The highest BCUT2D eigenvalue weighted by Crippen LogP contribution is 2.05. The molecule has 0 bridgehead atoms. The zero-order valence-electron chi connectivity index (χ0n) is 7.35. The van der Waals surface area contributed by atoms with Crippen LogP contribution in [-0.2, 0) is 0 Å². The van der Waals surface area contributed by atoms with Gasteiger partial charge in [0, 0.05) is 18.4 Å². The minimum atomic E-state index is -0.0499. The molecule has 0 unspecified atom stereocenters. The molecule has 0 aromatic heterocycles. The SMILES string of the molecule is O=NN1CCCC1.O=NNCCO. The summed E-state index contributed by atoms with van der Waals surface area (Å²) in [6.45, 7) is 1.92. The first kappa shape index (κ1) is 11.8. The Labute approximate surface area is 76.0 Å². The molecule has 1 fully saturated rings. The van der Waals surface area contributed by atoms with Crippen molar-refractivity contribution in [2.24, 2.45) is 10.6 Å². The summed E-state index contributed by atoms with van der Waals surface area (Å²) >= 11 is 0. The van der Waals surface area contributed by atoms with E-state index in [4.69, 9.17) is 10.0 Å². The van der Waals surface area contributed by atoms with Crippen molar-refractivity contribution in [2.75, 3.05) is 26.2 Å². The standard InChI is InChI=1S/C4H8N2O.C2H6N2O2/c7-5-6-3-1-2-4-6;5-2-1-3-4-6/h1-4H2;5H,1-2H2,(H,3,6). The van der Waals surface area contributed by atoms with Gasteiger partial charge in [-0.25, -0.2) is 0 Å². The molecule has 76 valence electrons. The molecule has 7 nitrogen and oxygen atoms in total. The highest BCUT2D eigenvalue weighted by Gasteiger charge is 2.08. The Morgan fingerprint density at radius 2 is 1.92 bits per heavy atom. The fourth-order valence-electron chi connectivity index (χ4n) is 0.878. The predicted octanol–water partition coefficient (Wildman–Crippen LogP) is 0.0133. The molecule has 0 aromatic carbocycles. The lowest BCUT2D eigenvalue weighted by Crippen LogP contribution is -2.09. The van der Waals surface area contributed by atoms with Gasteiger partial charge < -0.3 is 5.11 Å². The van der Waals surface area contributed by atoms with Crippen molar-refractivity contribution in [3.05, 3.63) is 9.81 Å². The Morgan fingerprint density at radius 3 is 2.15 bits per heavy atom. The maximum atomic E-state index is 9.68. The molecule has 1 saturated heterocycles. The Kier molecular flexibility index (Phi) is 8.01. The maximum Gasteiger partial charge on any atom is 0.0622 e. The fourth-order valence-corrected chi connectivity index (χ4v) is 0.878. The van der Waals surface area contributed by atoms with E-state index in [1.54, 1.807) is 5.01 Å². The molecule has 1 aliphatic heterocycles. The van der Waals surface area contributed by atoms with Gasteiger partial charge in [-0.15, -0.1) is 9.81 Å². The lowest BCUT2D eigenvalue weighted by Gasteiger charge is -2.00. The summed E-state index contributed by atoms with van der Waals surface area (Å²) in [5, 5.41) is 14.5. The van der Waals surface area contributed by atoms with E-state index in [1.165, 1.54) is 0 Å². The first-order valence-electron chi connectivity index (χ1n) is 4.09. The van der Waals surface area contributed by atoms with Gasteiger partial charge in [0.25, 0.3) is 0 Å². The zero-order valence-corrected chi connectivity index (χ0v) is 7.35. The van der Waals surface area contributed by atoms with E-state index in [9.17, 15) is 4.91 Å². The Morgan fingerprint density at radius 1 is 1.31 bits per heavy atom. The van der Waals surface area contributed by atoms with Gasteiger partial charge in [0.1, 0.15) is 0 Å². The van der Waals surface area contributed by atoms with Crippen LogP contribution in [0.2, 0.25) is 0 Å². The number of hydrogen-bond donors (Lipinski definition) is 2. The molecule has 2 N–H and O–H groups in total. The Balaban J connectivity index is 0.000000226. The summed E-state index contributed by atoms with van der Waals surface area (Å²) in [6, 6.07) is 0. The normalized spacial score (nSPS) is 14.4. The van der Waals surface area contributed by atoms with Crippen LogP contribution in [0.3, 0.4) is 0 Å². The van der Waals surface area contributed by atoms with Crippen LogP contribution in [-0.4, -0.2) is 36.4 Å². The van der Waals surface area contributed by atoms with Crippen LogP contribution in [0.15, 0.2) is 10.6 Å².